The van der Waals surface area contributed by atoms with E-state index >= 15 is 0 Å². The number of amides is 1. The summed E-state index contributed by atoms with van der Waals surface area (Å²) in [6.07, 6.45) is 3.30. The zero-order chi connectivity index (χ0) is 33.3. The van der Waals surface area contributed by atoms with Gasteiger partial charge in [-0.25, -0.2) is 5.43 Å². The van der Waals surface area contributed by atoms with Crippen molar-refractivity contribution < 1.29 is 31.8 Å². The molecule has 0 spiro atoms. The molecule has 0 aliphatic heterocycles. The fourth-order valence-corrected chi connectivity index (χ4v) is 3.96. The summed E-state index contributed by atoms with van der Waals surface area (Å²) in [5, 5.41) is 8.39. The summed E-state index contributed by atoms with van der Waals surface area (Å²) in [5.74, 6) is 1.18. The Balaban J connectivity index is 0.000000930. The van der Waals surface area contributed by atoms with E-state index in [0.29, 0.717) is 18.8 Å². The molecule has 5 aromatic carbocycles. The van der Waals surface area contributed by atoms with Crippen molar-refractivity contribution in [2.45, 2.75) is 13.2 Å². The monoisotopic (exact) mass is 652 g/mol. The number of carbonyl (C=O) groups is 1. The highest BCUT2D eigenvalue weighted by molar-refractivity contribution is 7.79. The van der Waals surface area contributed by atoms with Crippen LogP contribution in [0.5, 0.6) is 11.5 Å². The van der Waals surface area contributed by atoms with E-state index in [9.17, 15) is 4.79 Å². The van der Waals surface area contributed by atoms with E-state index in [0.717, 1.165) is 39.4 Å². The highest BCUT2D eigenvalue weighted by atomic mass is 32.3. The Morgan fingerprint density at radius 2 is 1.11 bits per heavy atom. The van der Waals surface area contributed by atoms with Gasteiger partial charge in [0.1, 0.15) is 24.7 Å². The van der Waals surface area contributed by atoms with Crippen molar-refractivity contribution in [2.75, 3.05) is 5.43 Å². The van der Waals surface area contributed by atoms with Crippen molar-refractivity contribution >= 4 is 34.4 Å². The second-order valence-electron chi connectivity index (χ2n) is 9.79. The molecule has 0 aliphatic rings. The highest BCUT2D eigenvalue weighted by Crippen LogP contribution is 2.16. The number of nitrogens with one attached hydrogen (secondary N) is 2. The number of ether oxygens (including phenoxy) is 2. The summed E-state index contributed by atoms with van der Waals surface area (Å²) in [4.78, 5) is 12.5. The van der Waals surface area contributed by atoms with Gasteiger partial charge in [0.05, 0.1) is 18.1 Å². The van der Waals surface area contributed by atoms with Gasteiger partial charge in [-0.2, -0.15) is 18.6 Å². The first-order valence-corrected chi connectivity index (χ1v) is 15.6. The summed E-state index contributed by atoms with van der Waals surface area (Å²) >= 11 is 0. The lowest BCUT2D eigenvalue weighted by molar-refractivity contribution is 0.0955. The van der Waals surface area contributed by atoms with Gasteiger partial charge in [0, 0.05) is 5.56 Å². The molecule has 11 nitrogen and oxygen atoms in total. The number of anilines is 1. The van der Waals surface area contributed by atoms with Crippen molar-refractivity contribution in [1.82, 2.24) is 5.43 Å². The summed E-state index contributed by atoms with van der Waals surface area (Å²) in [6.45, 7) is 0.980. The Morgan fingerprint density at radius 3 is 1.60 bits per heavy atom. The first kappa shape index (κ1) is 34.1. The third-order valence-corrected chi connectivity index (χ3v) is 6.15. The van der Waals surface area contributed by atoms with E-state index in [-0.39, 0.29) is 5.91 Å². The van der Waals surface area contributed by atoms with Gasteiger partial charge in [-0.1, -0.05) is 84.9 Å². The normalized spacial score (nSPS) is 11.0. The lowest BCUT2D eigenvalue weighted by Gasteiger charge is -2.07. The zero-order valence-corrected chi connectivity index (χ0v) is 25.8. The van der Waals surface area contributed by atoms with Crippen molar-refractivity contribution in [2.24, 2.45) is 10.2 Å². The van der Waals surface area contributed by atoms with E-state index in [1.165, 1.54) is 0 Å². The van der Waals surface area contributed by atoms with E-state index in [2.05, 4.69) is 21.1 Å². The highest BCUT2D eigenvalue weighted by Gasteiger charge is 2.04. The lowest BCUT2D eigenvalue weighted by Crippen LogP contribution is -2.17. The number of hydrogen-bond acceptors (Lipinski definition) is 8. The maximum Gasteiger partial charge on any atom is 0.394 e. The summed E-state index contributed by atoms with van der Waals surface area (Å²) < 4.78 is 43.3. The van der Waals surface area contributed by atoms with Gasteiger partial charge in [-0.05, 0) is 70.8 Å². The third kappa shape index (κ3) is 13.4. The number of rotatable bonds is 12. The van der Waals surface area contributed by atoms with Crippen molar-refractivity contribution in [3.05, 3.63) is 161 Å². The second kappa shape index (κ2) is 17.6. The SMILES string of the molecule is O=C(NN=Cc1cccc(OCc2ccccc2)c1)c1ccc(NN=Cc2cccc(OCc3ccccc3)c2)cc1.O=S(=O)(O)O. The predicted octanol–water partition coefficient (Wildman–Crippen LogP) is 6.40. The van der Waals surface area contributed by atoms with Crippen molar-refractivity contribution in [3.63, 3.8) is 0 Å². The van der Waals surface area contributed by atoms with Gasteiger partial charge in [0.25, 0.3) is 5.91 Å². The molecule has 0 aliphatic carbocycles. The fraction of sp³-hybridized carbons (Fsp3) is 0.0571. The molecule has 0 saturated carbocycles. The number of nitrogens with zero attached hydrogens (tertiary/aromatic N) is 2. The Kier molecular flexibility index (Phi) is 12.8. The van der Waals surface area contributed by atoms with Crippen LogP contribution in [0.25, 0.3) is 0 Å². The largest absolute Gasteiger partial charge is 0.489 e. The van der Waals surface area contributed by atoms with E-state index in [1.807, 2.05) is 109 Å². The minimum absolute atomic E-state index is 0.315. The second-order valence-corrected chi connectivity index (χ2v) is 10.7. The molecule has 47 heavy (non-hydrogen) atoms. The molecule has 0 radical (unpaired) electrons. The van der Waals surface area contributed by atoms with E-state index in [1.54, 1.807) is 36.7 Å². The topological polar surface area (TPSA) is 159 Å². The van der Waals surface area contributed by atoms with Crippen molar-refractivity contribution in [3.8, 4) is 11.5 Å². The van der Waals surface area contributed by atoms with E-state index in [4.69, 9.17) is 27.0 Å². The molecule has 5 rings (SSSR count). The van der Waals surface area contributed by atoms with Crippen LogP contribution in [0, 0.1) is 0 Å². The van der Waals surface area contributed by atoms with Crippen molar-refractivity contribution in [1.29, 1.82) is 0 Å². The standard InChI is InChI=1S/C35H30N4O3.H2O4S/c40-35(39-37-24-30-14-8-16-34(22-30)42-26-28-11-5-2-6-12-28)31-17-19-32(20-18-31)38-36-23-29-13-7-15-33(21-29)41-25-27-9-3-1-4-10-27;1-5(2,3)4/h1-24,38H,25-26H2,(H,39,40);(H2,1,2,3,4). The van der Waals surface area contributed by atoms with Gasteiger partial charge in [0.2, 0.25) is 0 Å². The van der Waals surface area contributed by atoms with Crippen LogP contribution in [0.3, 0.4) is 0 Å². The maximum atomic E-state index is 12.5. The lowest BCUT2D eigenvalue weighted by atomic mass is 10.2. The summed E-state index contributed by atoms with van der Waals surface area (Å²) in [5.41, 5.74) is 10.7. The molecule has 0 fully saturated rings. The smallest absolute Gasteiger partial charge is 0.394 e. The Bertz CT molecular complexity index is 1880. The third-order valence-electron chi connectivity index (χ3n) is 6.15. The fourth-order valence-electron chi connectivity index (χ4n) is 3.96. The number of hydrogen-bond donors (Lipinski definition) is 4. The molecule has 12 heteroatoms. The molecular weight excluding hydrogens is 620 g/mol. The Labute approximate surface area is 272 Å². The Hall–Kier alpha value is -5.82. The minimum atomic E-state index is -4.67. The zero-order valence-electron chi connectivity index (χ0n) is 25.0. The van der Waals surface area contributed by atoms with Gasteiger partial charge in [0.15, 0.2) is 0 Å². The van der Waals surface area contributed by atoms with Crippen LogP contribution < -0.4 is 20.3 Å². The molecule has 1 amide bonds. The first-order chi connectivity index (χ1) is 22.7. The molecule has 0 aromatic heterocycles. The molecule has 4 N–H and O–H groups in total. The van der Waals surface area contributed by atoms with Crippen LogP contribution in [0.1, 0.15) is 32.6 Å². The van der Waals surface area contributed by atoms with Crippen LogP contribution in [0.2, 0.25) is 0 Å². The predicted molar refractivity (Wildman–Crippen MR) is 181 cm³/mol. The van der Waals surface area contributed by atoms with Crippen LogP contribution in [0.15, 0.2) is 144 Å². The van der Waals surface area contributed by atoms with Gasteiger partial charge >= 0.3 is 10.4 Å². The number of hydrazone groups is 2. The van der Waals surface area contributed by atoms with Crippen LogP contribution >= 0.6 is 0 Å². The van der Waals surface area contributed by atoms with Gasteiger partial charge in [-0.15, -0.1) is 0 Å². The first-order valence-electron chi connectivity index (χ1n) is 14.2. The molecule has 0 unspecified atom stereocenters. The molecule has 0 atom stereocenters. The molecular formula is C35H32N4O7S. The molecule has 240 valence electrons. The van der Waals surface area contributed by atoms with Gasteiger partial charge in [-0.3, -0.25) is 19.3 Å². The maximum absolute atomic E-state index is 12.5. The molecule has 5 aromatic rings. The summed E-state index contributed by atoms with van der Waals surface area (Å²) in [7, 11) is -4.67. The van der Waals surface area contributed by atoms with Crippen LogP contribution in [0.4, 0.5) is 5.69 Å². The average molecular weight is 653 g/mol. The van der Waals surface area contributed by atoms with E-state index < -0.39 is 10.4 Å². The minimum Gasteiger partial charge on any atom is -0.489 e. The molecule has 0 bridgehead atoms. The number of carbonyl (C=O) groups excluding carboxylic acids is 1. The van der Waals surface area contributed by atoms with Gasteiger partial charge < -0.3 is 9.47 Å². The Morgan fingerprint density at radius 1 is 0.638 bits per heavy atom. The average Bonchev–Trinajstić information content (AvgIpc) is 3.07. The van der Waals surface area contributed by atoms with Crippen LogP contribution in [-0.2, 0) is 23.6 Å². The summed E-state index contributed by atoms with van der Waals surface area (Å²) in [6, 6.07) is 42.2. The molecule has 0 heterocycles. The quantitative estimate of drug-likeness (QED) is 0.0685. The number of benzene rings is 5. The van der Waals surface area contributed by atoms with Crippen LogP contribution in [-0.4, -0.2) is 35.9 Å². The molecule has 0 saturated heterocycles.